The quantitative estimate of drug-likeness (QED) is 0.365. The van der Waals surface area contributed by atoms with Gasteiger partial charge in [-0.1, -0.05) is 0 Å². The minimum absolute atomic E-state index is 0.0362. The molecular formula is C14H15NO7. The molecule has 0 spiro atoms. The van der Waals surface area contributed by atoms with Gasteiger partial charge in [-0.15, -0.1) is 0 Å². The molecule has 1 saturated carbocycles. The maximum absolute atomic E-state index is 11.7. The molecule has 0 N–H and O–H groups in total. The summed E-state index contributed by atoms with van der Waals surface area (Å²) in [6.07, 6.45) is -0.0481. The molecule has 118 valence electrons. The fourth-order valence-electron chi connectivity index (χ4n) is 2.66. The number of ether oxygens (including phenoxy) is 4. The Hall–Kier alpha value is -2.19. The second-order valence-electron chi connectivity index (χ2n) is 5.13. The van der Waals surface area contributed by atoms with Crippen molar-refractivity contribution < 1.29 is 28.7 Å². The molecule has 2 fully saturated rings. The summed E-state index contributed by atoms with van der Waals surface area (Å²) in [6, 6.07) is 5.21. The van der Waals surface area contributed by atoms with Gasteiger partial charge in [-0.2, -0.15) is 0 Å². The van der Waals surface area contributed by atoms with Gasteiger partial charge in [0.05, 0.1) is 30.3 Å². The highest BCUT2D eigenvalue weighted by atomic mass is 16.7. The second-order valence-corrected chi connectivity index (χ2v) is 5.13. The summed E-state index contributed by atoms with van der Waals surface area (Å²) >= 11 is 0. The number of carbonyl (C=O) groups excluding carboxylic acids is 1. The number of non-ortho nitro benzene ring substituents is 1. The van der Waals surface area contributed by atoms with Gasteiger partial charge in [-0.25, -0.2) is 4.79 Å². The summed E-state index contributed by atoms with van der Waals surface area (Å²) in [5, 5.41) is 10.5. The molecule has 1 aliphatic heterocycles. The molecule has 0 bridgehead atoms. The van der Waals surface area contributed by atoms with Crippen molar-refractivity contribution >= 4 is 11.8 Å². The van der Waals surface area contributed by atoms with Crippen LogP contribution in [0, 0.1) is 10.1 Å². The topological polar surface area (TPSA) is 97.1 Å². The number of hydrogen-bond acceptors (Lipinski definition) is 7. The van der Waals surface area contributed by atoms with Crippen molar-refractivity contribution in [3.63, 3.8) is 0 Å². The fraction of sp³-hybridized carbons (Fsp3) is 0.500. The van der Waals surface area contributed by atoms with E-state index in [1.807, 2.05) is 0 Å². The van der Waals surface area contributed by atoms with Gasteiger partial charge >= 0.3 is 6.16 Å². The highest BCUT2D eigenvalue weighted by molar-refractivity contribution is 5.64. The van der Waals surface area contributed by atoms with Crippen molar-refractivity contribution in [2.45, 2.75) is 31.2 Å². The van der Waals surface area contributed by atoms with Crippen molar-refractivity contribution in [3.05, 3.63) is 34.4 Å². The Kier molecular flexibility index (Phi) is 4.21. The molecule has 1 saturated heterocycles. The van der Waals surface area contributed by atoms with E-state index in [1.165, 1.54) is 24.3 Å². The predicted molar refractivity (Wildman–Crippen MR) is 72.7 cm³/mol. The summed E-state index contributed by atoms with van der Waals surface area (Å²) in [7, 11) is 0. The summed E-state index contributed by atoms with van der Waals surface area (Å²) in [5.74, 6) is 0.193. The van der Waals surface area contributed by atoms with Gasteiger partial charge in [-0.05, 0) is 12.1 Å². The third-order valence-electron chi connectivity index (χ3n) is 3.66. The highest BCUT2D eigenvalue weighted by Gasteiger charge is 2.40. The average molecular weight is 309 g/mol. The largest absolute Gasteiger partial charge is 0.514 e. The molecule has 1 aliphatic carbocycles. The van der Waals surface area contributed by atoms with E-state index < -0.39 is 11.1 Å². The van der Waals surface area contributed by atoms with E-state index in [4.69, 9.17) is 18.9 Å². The van der Waals surface area contributed by atoms with Gasteiger partial charge < -0.3 is 18.9 Å². The van der Waals surface area contributed by atoms with Crippen molar-refractivity contribution in [1.29, 1.82) is 0 Å². The van der Waals surface area contributed by atoms with Crippen LogP contribution in [0.3, 0.4) is 0 Å². The van der Waals surface area contributed by atoms with Gasteiger partial charge in [0.2, 0.25) is 0 Å². The molecule has 0 amide bonds. The Morgan fingerprint density at radius 3 is 2.27 bits per heavy atom. The molecule has 8 nitrogen and oxygen atoms in total. The molecule has 2 aliphatic rings. The lowest BCUT2D eigenvalue weighted by atomic mass is 10.2. The van der Waals surface area contributed by atoms with Crippen LogP contribution in [-0.4, -0.2) is 42.6 Å². The Morgan fingerprint density at radius 1 is 1.14 bits per heavy atom. The maximum Gasteiger partial charge on any atom is 0.514 e. The van der Waals surface area contributed by atoms with Crippen molar-refractivity contribution in [1.82, 2.24) is 0 Å². The SMILES string of the molecule is O=C(Oc1ccc([N+](=O)[O-])cc1)O[C@@H]1CC2OCCO[C@H]2C1. The van der Waals surface area contributed by atoms with E-state index in [9.17, 15) is 14.9 Å². The van der Waals surface area contributed by atoms with Crippen LogP contribution in [0.1, 0.15) is 12.8 Å². The molecule has 8 heteroatoms. The van der Waals surface area contributed by atoms with Crippen molar-refractivity contribution in [2.24, 2.45) is 0 Å². The first kappa shape index (κ1) is 14.7. The number of rotatable bonds is 3. The maximum atomic E-state index is 11.7. The van der Waals surface area contributed by atoms with Gasteiger partial charge in [0.1, 0.15) is 11.9 Å². The van der Waals surface area contributed by atoms with Gasteiger partial charge in [0.15, 0.2) is 0 Å². The number of hydrogen-bond donors (Lipinski definition) is 0. The first-order chi connectivity index (χ1) is 10.6. The van der Waals surface area contributed by atoms with Gasteiger partial charge in [0, 0.05) is 25.0 Å². The number of nitrogens with zero attached hydrogens (tertiary/aromatic N) is 1. The van der Waals surface area contributed by atoms with Crippen LogP contribution in [0.25, 0.3) is 0 Å². The monoisotopic (exact) mass is 309 g/mol. The molecule has 1 aromatic carbocycles. The lowest BCUT2D eigenvalue weighted by Gasteiger charge is -2.25. The van der Waals surface area contributed by atoms with Crippen molar-refractivity contribution in [3.8, 4) is 5.75 Å². The summed E-state index contributed by atoms with van der Waals surface area (Å²) < 4.78 is 21.3. The zero-order chi connectivity index (χ0) is 15.5. The van der Waals surface area contributed by atoms with E-state index in [-0.39, 0.29) is 29.7 Å². The highest BCUT2D eigenvalue weighted by Crippen LogP contribution is 2.30. The normalized spacial score (nSPS) is 27.0. The van der Waals surface area contributed by atoms with Crippen LogP contribution in [-0.2, 0) is 14.2 Å². The minimum Gasteiger partial charge on any atom is -0.430 e. The molecule has 3 rings (SSSR count). The number of nitro groups is 1. The Morgan fingerprint density at radius 2 is 1.73 bits per heavy atom. The molecule has 3 atom stereocenters. The summed E-state index contributed by atoms with van der Waals surface area (Å²) in [6.45, 7) is 1.11. The molecule has 1 heterocycles. The van der Waals surface area contributed by atoms with Gasteiger partial charge in [0.25, 0.3) is 5.69 Å². The Bertz CT molecular complexity index is 545. The Labute approximate surface area is 126 Å². The number of carbonyl (C=O) groups is 1. The van der Waals surface area contributed by atoms with E-state index in [0.717, 1.165) is 0 Å². The molecule has 1 unspecified atom stereocenters. The first-order valence-corrected chi connectivity index (χ1v) is 6.98. The van der Waals surface area contributed by atoms with Crippen LogP contribution in [0.15, 0.2) is 24.3 Å². The lowest BCUT2D eigenvalue weighted by Crippen LogP contribution is -2.33. The first-order valence-electron chi connectivity index (χ1n) is 6.98. The van der Waals surface area contributed by atoms with Gasteiger partial charge in [-0.3, -0.25) is 10.1 Å². The fourth-order valence-corrected chi connectivity index (χ4v) is 2.66. The van der Waals surface area contributed by atoms with E-state index >= 15 is 0 Å². The van der Waals surface area contributed by atoms with Crippen LogP contribution >= 0.6 is 0 Å². The van der Waals surface area contributed by atoms with E-state index in [2.05, 4.69) is 0 Å². The molecule has 1 aromatic rings. The number of nitro benzene ring substituents is 1. The molecule has 0 aromatic heterocycles. The number of benzene rings is 1. The smallest absolute Gasteiger partial charge is 0.430 e. The third-order valence-corrected chi connectivity index (χ3v) is 3.66. The third kappa shape index (κ3) is 3.34. The van der Waals surface area contributed by atoms with Crippen LogP contribution in [0.5, 0.6) is 5.75 Å². The van der Waals surface area contributed by atoms with E-state index in [0.29, 0.717) is 26.1 Å². The second kappa shape index (κ2) is 6.29. The minimum atomic E-state index is -0.836. The number of fused-ring (bicyclic) bond motifs is 1. The molecule has 22 heavy (non-hydrogen) atoms. The van der Waals surface area contributed by atoms with Crippen molar-refractivity contribution in [2.75, 3.05) is 13.2 Å². The average Bonchev–Trinajstić information content (AvgIpc) is 2.89. The Balaban J connectivity index is 1.51. The zero-order valence-electron chi connectivity index (χ0n) is 11.7. The van der Waals surface area contributed by atoms with Crippen LogP contribution in [0.2, 0.25) is 0 Å². The van der Waals surface area contributed by atoms with Crippen LogP contribution in [0.4, 0.5) is 10.5 Å². The van der Waals surface area contributed by atoms with Crippen LogP contribution < -0.4 is 4.74 Å². The molecular weight excluding hydrogens is 294 g/mol. The predicted octanol–water partition coefficient (Wildman–Crippen LogP) is 2.06. The standard InChI is InChI=1S/C14H15NO7/c16-14(21-10-3-1-9(2-4-10)15(17)18)22-11-7-12-13(8-11)20-6-5-19-12/h1-4,11-13H,5-8H2/t11-,12-,13?/m0/s1. The lowest BCUT2D eigenvalue weighted by molar-refractivity contribution is -0.384. The summed E-state index contributed by atoms with van der Waals surface area (Å²) in [5.41, 5.74) is -0.0742. The zero-order valence-corrected chi connectivity index (χ0v) is 11.7. The summed E-state index contributed by atoms with van der Waals surface area (Å²) in [4.78, 5) is 21.7. The van der Waals surface area contributed by atoms with E-state index in [1.54, 1.807) is 0 Å². The molecule has 0 radical (unpaired) electrons.